The number of rotatable bonds is 1. The van der Waals surface area contributed by atoms with Crippen molar-refractivity contribution in [3.05, 3.63) is 42.4 Å². The van der Waals surface area contributed by atoms with Gasteiger partial charge in [0.25, 0.3) is 0 Å². The summed E-state index contributed by atoms with van der Waals surface area (Å²) in [6.45, 7) is 0. The average Bonchev–Trinajstić information content (AvgIpc) is 2.26. The summed E-state index contributed by atoms with van der Waals surface area (Å²) in [6, 6.07) is 7.44. The zero-order valence-corrected chi connectivity index (χ0v) is 7.31. The quantitative estimate of drug-likeness (QED) is 0.631. The Balaban J connectivity index is 2.44. The normalized spacial score (nSPS) is 12.8. The van der Waals surface area contributed by atoms with Crippen LogP contribution < -0.4 is 9.47 Å². The summed E-state index contributed by atoms with van der Waals surface area (Å²) in [7, 11) is 0. The topological polar surface area (TPSA) is 42.2 Å². The average molecular weight is 185 g/mol. The molecule has 0 aliphatic carbocycles. The van der Waals surface area contributed by atoms with Crippen molar-refractivity contribution in [2.75, 3.05) is 0 Å². The highest BCUT2D eigenvalue weighted by atomic mass is 16.5. The van der Waals surface area contributed by atoms with Gasteiger partial charge in [-0.2, -0.15) is 5.26 Å². The molecule has 1 aliphatic heterocycles. The Morgan fingerprint density at radius 3 is 2.93 bits per heavy atom. The lowest BCUT2D eigenvalue weighted by molar-refractivity contribution is 0.361. The molecule has 0 saturated carbocycles. The van der Waals surface area contributed by atoms with Crippen molar-refractivity contribution in [1.29, 1.82) is 5.26 Å². The minimum atomic E-state index is 0.640. The van der Waals surface area contributed by atoms with Crippen LogP contribution in [0.5, 0.6) is 11.5 Å². The number of fused-ring (bicyclic) bond motifs is 1. The molecule has 1 aromatic rings. The molecule has 0 amide bonds. The molecule has 1 aromatic carbocycles. The summed E-state index contributed by atoms with van der Waals surface area (Å²) in [4.78, 5) is 0. The second-order valence-corrected chi connectivity index (χ2v) is 2.64. The molecule has 0 fully saturated rings. The maximum atomic E-state index is 8.41. The van der Waals surface area contributed by atoms with E-state index in [1.807, 2.05) is 24.3 Å². The zero-order valence-electron chi connectivity index (χ0n) is 7.31. The minimum Gasteiger partial charge on any atom is -0.458 e. The van der Waals surface area contributed by atoms with Crippen molar-refractivity contribution in [1.82, 2.24) is 0 Å². The number of hydrogen-bond acceptors (Lipinski definition) is 3. The monoisotopic (exact) mass is 185 g/mol. The van der Waals surface area contributed by atoms with Gasteiger partial charge in [-0.25, -0.2) is 0 Å². The number of benzene rings is 1. The lowest BCUT2D eigenvalue weighted by Gasteiger charge is -2.13. The van der Waals surface area contributed by atoms with Crippen LogP contribution in [0.1, 0.15) is 5.56 Å². The van der Waals surface area contributed by atoms with Gasteiger partial charge in [0.2, 0.25) is 0 Å². The third-order valence-corrected chi connectivity index (χ3v) is 1.78. The zero-order chi connectivity index (χ0) is 9.80. The lowest BCUT2D eigenvalue weighted by Crippen LogP contribution is -1.97. The Bertz CT molecular complexity index is 441. The lowest BCUT2D eigenvalue weighted by atomic mass is 10.1. The van der Waals surface area contributed by atoms with Crippen LogP contribution in [0.15, 0.2) is 36.8 Å². The molecular weight excluding hydrogens is 178 g/mol. The predicted octanol–water partition coefficient (Wildman–Crippen LogP) is 2.47. The first-order valence-corrected chi connectivity index (χ1v) is 4.09. The van der Waals surface area contributed by atoms with Gasteiger partial charge in [-0.1, -0.05) is 12.1 Å². The fraction of sp³-hybridized carbons (Fsp3) is 0. The van der Waals surface area contributed by atoms with Gasteiger partial charge in [0.1, 0.15) is 12.5 Å². The summed E-state index contributed by atoms with van der Waals surface area (Å²) >= 11 is 0. The Morgan fingerprint density at radius 1 is 1.21 bits per heavy atom. The van der Waals surface area contributed by atoms with Crippen LogP contribution in [0.3, 0.4) is 0 Å². The highest BCUT2D eigenvalue weighted by molar-refractivity contribution is 5.64. The number of allylic oxidation sites excluding steroid dienone is 1. The molecule has 0 saturated heterocycles. The van der Waals surface area contributed by atoms with E-state index in [9.17, 15) is 0 Å². The van der Waals surface area contributed by atoms with E-state index in [-0.39, 0.29) is 0 Å². The molecule has 68 valence electrons. The molecule has 0 radical (unpaired) electrons. The van der Waals surface area contributed by atoms with Crippen molar-refractivity contribution in [2.45, 2.75) is 0 Å². The fourth-order valence-electron chi connectivity index (χ4n) is 1.21. The first kappa shape index (κ1) is 8.39. The molecule has 1 heterocycles. The summed E-state index contributed by atoms with van der Waals surface area (Å²) in [5.74, 6) is 1.30. The molecule has 0 aromatic heterocycles. The van der Waals surface area contributed by atoms with Crippen LogP contribution in [0.2, 0.25) is 0 Å². The van der Waals surface area contributed by atoms with E-state index in [2.05, 4.69) is 0 Å². The van der Waals surface area contributed by atoms with Crippen molar-refractivity contribution < 1.29 is 9.47 Å². The molecule has 2 rings (SSSR count). The van der Waals surface area contributed by atoms with E-state index < -0.39 is 0 Å². The highest BCUT2D eigenvalue weighted by Gasteiger charge is 2.10. The van der Waals surface area contributed by atoms with Crippen LogP contribution in [-0.2, 0) is 0 Å². The van der Waals surface area contributed by atoms with Crippen molar-refractivity contribution in [3.63, 3.8) is 0 Å². The van der Waals surface area contributed by atoms with Gasteiger partial charge in [-0.05, 0) is 12.1 Å². The van der Waals surface area contributed by atoms with Gasteiger partial charge < -0.3 is 9.47 Å². The standard InChI is InChI=1S/C11H7NO2/c12-6-2-4-9-3-1-5-10-11(9)14-8-7-13-10/h1-5,7-8H. The second-order valence-electron chi connectivity index (χ2n) is 2.64. The molecule has 0 atom stereocenters. The van der Waals surface area contributed by atoms with Gasteiger partial charge >= 0.3 is 0 Å². The molecule has 14 heavy (non-hydrogen) atoms. The van der Waals surface area contributed by atoms with Gasteiger partial charge in [-0.15, -0.1) is 0 Å². The molecule has 0 bridgehead atoms. The van der Waals surface area contributed by atoms with E-state index in [1.54, 1.807) is 6.08 Å². The van der Waals surface area contributed by atoms with Crippen LogP contribution in [-0.4, -0.2) is 0 Å². The molecule has 0 spiro atoms. The first-order chi connectivity index (χ1) is 6.92. The number of ether oxygens (including phenoxy) is 2. The maximum Gasteiger partial charge on any atom is 0.176 e. The van der Waals surface area contributed by atoms with Crippen molar-refractivity contribution in [3.8, 4) is 17.6 Å². The van der Waals surface area contributed by atoms with Crippen molar-refractivity contribution in [2.24, 2.45) is 0 Å². The molecule has 1 aliphatic rings. The Labute approximate surface area is 81.5 Å². The third-order valence-electron chi connectivity index (χ3n) is 1.78. The highest BCUT2D eigenvalue weighted by Crippen LogP contribution is 2.34. The Hall–Kier alpha value is -2.21. The summed E-state index contributed by atoms with van der Waals surface area (Å²) in [5.41, 5.74) is 0.827. The maximum absolute atomic E-state index is 8.41. The fourth-order valence-corrected chi connectivity index (χ4v) is 1.21. The SMILES string of the molecule is N#CC=Cc1cccc2c1OC=CO2. The van der Waals surface area contributed by atoms with E-state index in [4.69, 9.17) is 14.7 Å². The van der Waals surface area contributed by atoms with Crippen LogP contribution in [0, 0.1) is 11.3 Å². The number of hydrogen-bond donors (Lipinski definition) is 0. The van der Waals surface area contributed by atoms with Crippen molar-refractivity contribution >= 4 is 6.08 Å². The van der Waals surface area contributed by atoms with Gasteiger partial charge in [0, 0.05) is 11.6 Å². The summed E-state index contributed by atoms with van der Waals surface area (Å²) in [6.07, 6.45) is 6.02. The molecule has 3 heteroatoms. The number of nitrogens with zero attached hydrogens (tertiary/aromatic N) is 1. The van der Waals surface area contributed by atoms with E-state index >= 15 is 0 Å². The third kappa shape index (κ3) is 1.46. The second kappa shape index (κ2) is 3.67. The van der Waals surface area contributed by atoms with Crippen LogP contribution in [0.4, 0.5) is 0 Å². The minimum absolute atomic E-state index is 0.640. The van der Waals surface area contributed by atoms with Crippen LogP contribution >= 0.6 is 0 Å². The number of nitriles is 1. The molecule has 3 nitrogen and oxygen atoms in total. The predicted molar refractivity (Wildman–Crippen MR) is 51.5 cm³/mol. The van der Waals surface area contributed by atoms with Gasteiger partial charge in [0.05, 0.1) is 6.07 Å². The molecular formula is C11H7NO2. The first-order valence-electron chi connectivity index (χ1n) is 4.09. The van der Waals surface area contributed by atoms with Gasteiger partial charge in [-0.3, -0.25) is 0 Å². The van der Waals surface area contributed by atoms with E-state index in [0.29, 0.717) is 11.5 Å². The van der Waals surface area contributed by atoms with Crippen LogP contribution in [0.25, 0.3) is 6.08 Å². The van der Waals surface area contributed by atoms with E-state index in [0.717, 1.165) is 5.56 Å². The molecule has 0 unspecified atom stereocenters. The smallest absolute Gasteiger partial charge is 0.176 e. The van der Waals surface area contributed by atoms with Gasteiger partial charge in [0.15, 0.2) is 11.5 Å². The Morgan fingerprint density at radius 2 is 2.07 bits per heavy atom. The summed E-state index contributed by atoms with van der Waals surface area (Å²) < 4.78 is 10.5. The largest absolute Gasteiger partial charge is 0.458 e. The summed E-state index contributed by atoms with van der Waals surface area (Å²) in [5, 5.41) is 8.41. The number of para-hydroxylation sites is 1. The Kier molecular flexibility index (Phi) is 2.20. The molecule has 0 N–H and O–H groups in total. The van der Waals surface area contributed by atoms with E-state index in [1.165, 1.54) is 18.6 Å².